The second-order valence-electron chi connectivity index (χ2n) is 12.5. The number of hydrogen-bond acceptors (Lipinski definition) is 4. The lowest BCUT2D eigenvalue weighted by Gasteiger charge is -2.36. The van der Waals surface area contributed by atoms with Crippen molar-refractivity contribution in [3.8, 4) is 0 Å². The van der Waals surface area contributed by atoms with E-state index in [0.717, 1.165) is 43.2 Å². The van der Waals surface area contributed by atoms with E-state index in [4.69, 9.17) is 4.74 Å². The lowest BCUT2D eigenvalue weighted by atomic mass is 9.74. The molecule has 6 rings (SSSR count). The molecule has 3 amide bonds. The zero-order valence-electron chi connectivity index (χ0n) is 24.3. The molecular weight excluding hydrogens is 514 g/mol. The molecule has 3 fully saturated rings. The van der Waals surface area contributed by atoms with Gasteiger partial charge in [0.25, 0.3) is 0 Å². The first kappa shape index (κ1) is 27.7. The van der Waals surface area contributed by atoms with Gasteiger partial charge in [0.05, 0.1) is 17.9 Å². The molecule has 7 nitrogen and oxygen atoms in total. The topological polar surface area (TPSA) is 87.7 Å². The first-order valence-corrected chi connectivity index (χ1v) is 15.2. The Morgan fingerprint density at radius 2 is 1.78 bits per heavy atom. The van der Waals surface area contributed by atoms with E-state index in [0.29, 0.717) is 12.1 Å². The van der Waals surface area contributed by atoms with Crippen LogP contribution in [0, 0.1) is 25.7 Å². The fourth-order valence-electron chi connectivity index (χ4n) is 7.41. The van der Waals surface area contributed by atoms with Crippen molar-refractivity contribution in [3.05, 3.63) is 77.4 Å². The third-order valence-corrected chi connectivity index (χ3v) is 9.76. The van der Waals surface area contributed by atoms with Crippen molar-refractivity contribution in [2.24, 2.45) is 11.8 Å². The number of anilines is 1. The van der Waals surface area contributed by atoms with Crippen LogP contribution in [0.1, 0.15) is 62.1 Å². The fraction of sp³-hybridized carbons (Fsp3) is 0.500. The molecule has 6 atom stereocenters. The summed E-state index contributed by atoms with van der Waals surface area (Å²) in [6, 6.07) is 15.1. The Hall–Kier alpha value is -3.45. The number of amides is 3. The van der Waals surface area contributed by atoms with E-state index in [1.807, 2.05) is 69.3 Å². The molecule has 4 unspecified atom stereocenters. The number of ether oxygens (including phenoxy) is 1. The van der Waals surface area contributed by atoms with Crippen LogP contribution in [0.15, 0.2) is 60.7 Å². The van der Waals surface area contributed by atoms with Gasteiger partial charge in [0, 0.05) is 17.8 Å². The molecule has 0 radical (unpaired) electrons. The minimum absolute atomic E-state index is 0.106. The predicted molar refractivity (Wildman–Crippen MR) is 158 cm³/mol. The van der Waals surface area contributed by atoms with Crippen molar-refractivity contribution < 1.29 is 19.1 Å². The molecule has 0 aromatic heterocycles. The van der Waals surface area contributed by atoms with Crippen LogP contribution in [-0.2, 0) is 25.5 Å². The van der Waals surface area contributed by atoms with Crippen LogP contribution in [-0.4, -0.2) is 52.5 Å². The van der Waals surface area contributed by atoms with E-state index < -0.39 is 29.6 Å². The van der Waals surface area contributed by atoms with Gasteiger partial charge in [-0.2, -0.15) is 0 Å². The second-order valence-corrected chi connectivity index (χ2v) is 12.5. The molecule has 2 N–H and O–H groups in total. The monoisotopic (exact) mass is 555 g/mol. The average molecular weight is 556 g/mol. The van der Waals surface area contributed by atoms with Crippen molar-refractivity contribution in [2.75, 3.05) is 5.32 Å². The van der Waals surface area contributed by atoms with Gasteiger partial charge in [-0.15, -0.1) is 0 Å². The Kier molecular flexibility index (Phi) is 7.49. The fourth-order valence-corrected chi connectivity index (χ4v) is 7.41. The highest BCUT2D eigenvalue weighted by atomic mass is 16.5. The van der Waals surface area contributed by atoms with E-state index >= 15 is 0 Å². The molecule has 2 saturated heterocycles. The predicted octanol–water partition coefficient (Wildman–Crippen LogP) is 4.86. The van der Waals surface area contributed by atoms with E-state index in [1.165, 1.54) is 12.0 Å². The van der Waals surface area contributed by atoms with Gasteiger partial charge >= 0.3 is 0 Å². The molecule has 1 aliphatic carbocycles. The van der Waals surface area contributed by atoms with Gasteiger partial charge in [-0.1, -0.05) is 67.8 Å². The van der Waals surface area contributed by atoms with Crippen LogP contribution in [0.2, 0.25) is 0 Å². The van der Waals surface area contributed by atoms with E-state index in [2.05, 4.69) is 22.8 Å². The van der Waals surface area contributed by atoms with Crippen molar-refractivity contribution in [3.63, 3.8) is 0 Å². The van der Waals surface area contributed by atoms with Gasteiger partial charge in [-0.3, -0.25) is 14.4 Å². The SMILES string of the molecule is Cc1ccc(NC(=O)C2[C@@H]3C=CC4(O3)C(C(=O)NC3CCCCC3)N(C(C)CCc3ccccc3)C(=O)[C@H]24)cc1C. The largest absolute Gasteiger partial charge is 0.359 e. The molecule has 4 aliphatic rings. The number of fused-ring (bicyclic) bond motifs is 1. The quantitative estimate of drug-likeness (QED) is 0.456. The summed E-state index contributed by atoms with van der Waals surface area (Å²) in [6.45, 7) is 6.05. The molecule has 2 aromatic rings. The van der Waals surface area contributed by atoms with E-state index in [9.17, 15) is 14.4 Å². The summed E-state index contributed by atoms with van der Waals surface area (Å²) in [6.07, 6.45) is 10.0. The second kappa shape index (κ2) is 11.1. The lowest BCUT2D eigenvalue weighted by molar-refractivity contribution is -0.143. The van der Waals surface area contributed by atoms with Crippen molar-refractivity contribution in [1.29, 1.82) is 0 Å². The maximum Gasteiger partial charge on any atom is 0.246 e. The van der Waals surface area contributed by atoms with Crippen LogP contribution >= 0.6 is 0 Å². The summed E-state index contributed by atoms with van der Waals surface area (Å²) in [5.74, 6) is -2.02. The third-order valence-electron chi connectivity index (χ3n) is 9.76. The number of nitrogens with zero attached hydrogens (tertiary/aromatic N) is 1. The van der Waals surface area contributed by atoms with Crippen molar-refractivity contribution >= 4 is 23.4 Å². The van der Waals surface area contributed by atoms with Crippen LogP contribution in [0.25, 0.3) is 0 Å². The summed E-state index contributed by atoms with van der Waals surface area (Å²) in [7, 11) is 0. The van der Waals surface area contributed by atoms with Crippen molar-refractivity contribution in [2.45, 2.75) is 95.5 Å². The number of aryl methyl sites for hydroxylation is 3. The van der Waals surface area contributed by atoms with E-state index in [1.54, 1.807) is 4.90 Å². The minimum Gasteiger partial charge on any atom is -0.359 e. The maximum absolute atomic E-state index is 14.3. The molecule has 41 heavy (non-hydrogen) atoms. The molecule has 2 bridgehead atoms. The van der Waals surface area contributed by atoms with Gasteiger partial charge in [-0.25, -0.2) is 0 Å². The van der Waals surface area contributed by atoms with Gasteiger partial charge in [0.1, 0.15) is 11.6 Å². The Morgan fingerprint density at radius 1 is 1.02 bits per heavy atom. The Labute approximate surface area is 242 Å². The molecule has 2 aromatic carbocycles. The first-order chi connectivity index (χ1) is 19.8. The van der Waals surface area contributed by atoms with Crippen LogP contribution in [0.3, 0.4) is 0 Å². The number of benzene rings is 2. The number of likely N-dealkylation sites (tertiary alicyclic amines) is 1. The normalized spacial score (nSPS) is 29.4. The number of carbonyl (C=O) groups is 3. The van der Waals surface area contributed by atoms with Gasteiger partial charge < -0.3 is 20.3 Å². The van der Waals surface area contributed by atoms with Gasteiger partial charge in [0.15, 0.2) is 0 Å². The summed E-state index contributed by atoms with van der Waals surface area (Å²) in [5.41, 5.74) is 2.97. The number of nitrogens with one attached hydrogen (secondary N) is 2. The molecule has 3 heterocycles. The molecule has 1 spiro atoms. The Morgan fingerprint density at radius 3 is 2.51 bits per heavy atom. The lowest BCUT2D eigenvalue weighted by Crippen LogP contribution is -2.58. The number of carbonyl (C=O) groups excluding carboxylic acids is 3. The van der Waals surface area contributed by atoms with Gasteiger partial charge in [-0.05, 0) is 75.3 Å². The highest BCUT2D eigenvalue weighted by Gasteiger charge is 2.73. The minimum atomic E-state index is -1.15. The Bertz CT molecular complexity index is 1350. The average Bonchev–Trinajstić information content (AvgIpc) is 3.62. The van der Waals surface area contributed by atoms with Crippen LogP contribution in [0.4, 0.5) is 5.69 Å². The molecule has 1 saturated carbocycles. The zero-order chi connectivity index (χ0) is 28.7. The first-order valence-electron chi connectivity index (χ1n) is 15.2. The summed E-state index contributed by atoms with van der Waals surface area (Å²) in [5, 5.41) is 6.32. The van der Waals surface area contributed by atoms with Gasteiger partial charge in [0.2, 0.25) is 17.7 Å². The van der Waals surface area contributed by atoms with E-state index in [-0.39, 0.29) is 29.8 Å². The molecular formula is C34H41N3O4. The summed E-state index contributed by atoms with van der Waals surface area (Å²) in [4.78, 5) is 44.0. The molecule has 3 aliphatic heterocycles. The van der Waals surface area contributed by atoms with Crippen LogP contribution in [0.5, 0.6) is 0 Å². The standard InChI is InChI=1S/C34H41N3O4/c1-21-14-17-26(20-22(21)2)36-31(38)28-27-18-19-34(41-27)29(28)33(40)37(23(3)15-16-24-10-6-4-7-11-24)30(34)32(39)35-25-12-8-5-9-13-25/h4,6-7,10-11,14,17-20,23,25,27-30H,5,8-9,12-13,15-16H2,1-3H3,(H,35,39)(H,36,38)/t23?,27-,28?,29-,30?,34?/m0/s1. The highest BCUT2D eigenvalue weighted by Crippen LogP contribution is 2.56. The summed E-state index contributed by atoms with van der Waals surface area (Å²) < 4.78 is 6.54. The Balaban J connectivity index is 1.29. The van der Waals surface area contributed by atoms with Crippen molar-refractivity contribution in [1.82, 2.24) is 10.2 Å². The summed E-state index contributed by atoms with van der Waals surface area (Å²) >= 11 is 0. The third kappa shape index (κ3) is 4.99. The maximum atomic E-state index is 14.3. The molecule has 216 valence electrons. The number of hydrogen-bond donors (Lipinski definition) is 2. The smallest absolute Gasteiger partial charge is 0.246 e. The number of rotatable bonds is 8. The zero-order valence-corrected chi connectivity index (χ0v) is 24.3. The van der Waals surface area contributed by atoms with Crippen LogP contribution < -0.4 is 10.6 Å². The molecule has 7 heteroatoms. The highest BCUT2D eigenvalue weighted by molar-refractivity contribution is 6.03.